The van der Waals surface area contributed by atoms with Gasteiger partial charge in [0.15, 0.2) is 5.82 Å². The first-order chi connectivity index (χ1) is 7.04. The van der Waals surface area contributed by atoms with Crippen molar-refractivity contribution in [2.75, 3.05) is 5.43 Å². The molecule has 15 heavy (non-hydrogen) atoms. The number of hydrazine groups is 1. The average Bonchev–Trinajstić information content (AvgIpc) is 2.21. The van der Waals surface area contributed by atoms with Gasteiger partial charge in [0.05, 0.1) is 6.20 Å². The highest BCUT2D eigenvalue weighted by molar-refractivity contribution is 7.99. The fourth-order valence-electron chi connectivity index (χ4n) is 0.816. The Kier molecular flexibility index (Phi) is 4.28. The summed E-state index contributed by atoms with van der Waals surface area (Å²) in [6.07, 6.45) is 1.12. The van der Waals surface area contributed by atoms with Crippen molar-refractivity contribution in [3.8, 4) is 0 Å². The van der Waals surface area contributed by atoms with Crippen LogP contribution in [-0.2, 0) is 0 Å². The maximum Gasteiger partial charge on any atom is 0.238 e. The second-order valence-electron chi connectivity index (χ2n) is 3.56. The second-order valence-corrected chi connectivity index (χ2v) is 4.92. The van der Waals surface area contributed by atoms with Crippen LogP contribution in [0.25, 0.3) is 0 Å². The molecule has 1 aromatic rings. The summed E-state index contributed by atoms with van der Waals surface area (Å²) in [5.41, 5.74) is 2.29. The van der Waals surface area contributed by atoms with E-state index in [1.54, 1.807) is 0 Å². The molecule has 4 nitrogen and oxygen atoms in total. The molecule has 1 heterocycles. The molecule has 0 spiro atoms. The maximum absolute atomic E-state index is 13.3. The molecule has 1 aromatic heterocycles. The molecule has 1 atom stereocenters. The molecule has 1 unspecified atom stereocenters. The van der Waals surface area contributed by atoms with Crippen molar-refractivity contribution in [2.45, 2.75) is 31.0 Å². The summed E-state index contributed by atoms with van der Waals surface area (Å²) in [4.78, 5) is 7.63. The molecule has 0 fully saturated rings. The van der Waals surface area contributed by atoms with E-state index >= 15 is 0 Å². The van der Waals surface area contributed by atoms with E-state index in [9.17, 15) is 4.39 Å². The van der Waals surface area contributed by atoms with Crippen LogP contribution >= 0.6 is 11.8 Å². The second kappa shape index (κ2) is 5.27. The molecule has 1 rings (SSSR count). The van der Waals surface area contributed by atoms with Crippen LogP contribution in [0.2, 0.25) is 0 Å². The smallest absolute Gasteiger partial charge is 0.238 e. The summed E-state index contributed by atoms with van der Waals surface area (Å²) < 4.78 is 13.3. The SMILES string of the molecule is CC(C)C(C)Sc1nc(NN)ncc1F. The number of thioether (sulfide) groups is 1. The van der Waals surface area contributed by atoms with Crippen LogP contribution in [0.1, 0.15) is 20.8 Å². The van der Waals surface area contributed by atoms with Crippen LogP contribution in [-0.4, -0.2) is 15.2 Å². The molecule has 3 N–H and O–H groups in total. The van der Waals surface area contributed by atoms with Gasteiger partial charge in [-0.2, -0.15) is 0 Å². The van der Waals surface area contributed by atoms with E-state index in [0.29, 0.717) is 16.2 Å². The highest BCUT2D eigenvalue weighted by Gasteiger charge is 2.14. The van der Waals surface area contributed by atoms with Crippen molar-refractivity contribution in [3.05, 3.63) is 12.0 Å². The van der Waals surface area contributed by atoms with Gasteiger partial charge in [-0.05, 0) is 5.92 Å². The lowest BCUT2D eigenvalue weighted by Gasteiger charge is -2.14. The largest absolute Gasteiger partial charge is 0.292 e. The van der Waals surface area contributed by atoms with E-state index in [1.807, 2.05) is 6.92 Å². The van der Waals surface area contributed by atoms with Gasteiger partial charge in [0.2, 0.25) is 5.95 Å². The lowest BCUT2D eigenvalue weighted by molar-refractivity contribution is 0.576. The number of hydrogen-bond donors (Lipinski definition) is 2. The Morgan fingerprint density at radius 1 is 1.47 bits per heavy atom. The number of nitrogens with zero attached hydrogens (tertiary/aromatic N) is 2. The zero-order valence-corrected chi connectivity index (χ0v) is 9.81. The fourth-order valence-corrected chi connectivity index (χ4v) is 1.74. The molecule has 0 aliphatic heterocycles. The molecule has 0 radical (unpaired) electrons. The Labute approximate surface area is 92.8 Å². The molecular weight excluding hydrogens is 215 g/mol. The summed E-state index contributed by atoms with van der Waals surface area (Å²) in [6.45, 7) is 6.20. The Balaban J connectivity index is 2.83. The van der Waals surface area contributed by atoms with Crippen molar-refractivity contribution in [1.29, 1.82) is 0 Å². The summed E-state index contributed by atoms with van der Waals surface area (Å²) in [5, 5.41) is 0.624. The Bertz CT molecular complexity index is 332. The van der Waals surface area contributed by atoms with Crippen molar-refractivity contribution in [3.63, 3.8) is 0 Å². The van der Waals surface area contributed by atoms with Gasteiger partial charge in [0.25, 0.3) is 0 Å². The minimum Gasteiger partial charge on any atom is -0.292 e. The quantitative estimate of drug-likeness (QED) is 0.359. The molecule has 0 bridgehead atoms. The number of rotatable bonds is 4. The minimum atomic E-state index is -0.411. The first-order valence-corrected chi connectivity index (χ1v) is 5.58. The van der Waals surface area contributed by atoms with E-state index < -0.39 is 5.82 Å². The third-order valence-corrected chi connectivity index (χ3v) is 3.50. The number of nitrogens with two attached hydrogens (primary N) is 1. The number of halogens is 1. The van der Waals surface area contributed by atoms with Crippen LogP contribution in [0.5, 0.6) is 0 Å². The first-order valence-electron chi connectivity index (χ1n) is 4.70. The van der Waals surface area contributed by atoms with Crippen molar-refractivity contribution < 1.29 is 4.39 Å². The van der Waals surface area contributed by atoms with Gasteiger partial charge in [-0.15, -0.1) is 0 Å². The van der Waals surface area contributed by atoms with Gasteiger partial charge in [-0.25, -0.2) is 20.2 Å². The fraction of sp³-hybridized carbons (Fsp3) is 0.556. The number of nitrogen functional groups attached to an aromatic ring is 1. The zero-order chi connectivity index (χ0) is 11.4. The van der Waals surface area contributed by atoms with Crippen LogP contribution in [0, 0.1) is 11.7 Å². The Morgan fingerprint density at radius 2 is 2.13 bits per heavy atom. The molecule has 6 heteroatoms. The number of hydrogen-bond acceptors (Lipinski definition) is 5. The number of nitrogens with one attached hydrogen (secondary N) is 1. The average molecular weight is 230 g/mol. The lowest BCUT2D eigenvalue weighted by Crippen LogP contribution is -2.12. The Hall–Kier alpha value is -0.880. The van der Waals surface area contributed by atoms with Crippen molar-refractivity contribution in [2.24, 2.45) is 11.8 Å². The molecular formula is C9H15FN4S. The van der Waals surface area contributed by atoms with Gasteiger partial charge in [0, 0.05) is 5.25 Å². The van der Waals surface area contributed by atoms with Crippen LogP contribution < -0.4 is 11.3 Å². The summed E-state index contributed by atoms with van der Waals surface area (Å²) in [7, 11) is 0. The number of anilines is 1. The third kappa shape index (κ3) is 3.32. The predicted molar refractivity (Wildman–Crippen MR) is 60.0 cm³/mol. The zero-order valence-electron chi connectivity index (χ0n) is 8.99. The third-order valence-electron chi connectivity index (χ3n) is 2.08. The van der Waals surface area contributed by atoms with Gasteiger partial charge in [-0.3, -0.25) is 5.43 Å². The van der Waals surface area contributed by atoms with Crippen molar-refractivity contribution in [1.82, 2.24) is 9.97 Å². The van der Waals surface area contributed by atoms with Crippen molar-refractivity contribution >= 4 is 17.7 Å². The Morgan fingerprint density at radius 3 is 2.67 bits per heavy atom. The molecule has 0 saturated carbocycles. The van der Waals surface area contributed by atoms with Gasteiger partial charge in [-0.1, -0.05) is 32.5 Å². The van der Waals surface area contributed by atoms with Gasteiger partial charge < -0.3 is 0 Å². The molecule has 84 valence electrons. The van der Waals surface area contributed by atoms with E-state index in [4.69, 9.17) is 5.84 Å². The van der Waals surface area contributed by atoms with E-state index in [2.05, 4.69) is 29.2 Å². The summed E-state index contributed by atoms with van der Waals surface area (Å²) >= 11 is 1.39. The van der Waals surface area contributed by atoms with E-state index in [0.717, 1.165) is 6.20 Å². The van der Waals surface area contributed by atoms with E-state index in [1.165, 1.54) is 11.8 Å². The van der Waals surface area contributed by atoms with Crippen LogP contribution in [0.4, 0.5) is 10.3 Å². The summed E-state index contributed by atoms with van der Waals surface area (Å²) in [6, 6.07) is 0. The van der Waals surface area contributed by atoms with Crippen LogP contribution in [0.15, 0.2) is 11.2 Å². The molecule has 0 aliphatic carbocycles. The standard InChI is InChI=1S/C9H15FN4S/c1-5(2)6(3)15-8-7(10)4-12-9(13-8)14-11/h4-6H,11H2,1-3H3,(H,12,13,14). The molecule has 0 aromatic carbocycles. The molecule has 0 aliphatic rings. The molecule has 0 amide bonds. The highest BCUT2D eigenvalue weighted by Crippen LogP contribution is 2.28. The van der Waals surface area contributed by atoms with Crippen LogP contribution in [0.3, 0.4) is 0 Å². The maximum atomic E-state index is 13.3. The minimum absolute atomic E-state index is 0.231. The van der Waals surface area contributed by atoms with Gasteiger partial charge >= 0.3 is 0 Å². The number of aromatic nitrogens is 2. The molecule has 0 saturated heterocycles. The normalized spacial score (nSPS) is 12.9. The topological polar surface area (TPSA) is 63.8 Å². The lowest BCUT2D eigenvalue weighted by atomic mass is 10.2. The summed E-state index contributed by atoms with van der Waals surface area (Å²) in [5.74, 6) is 5.43. The van der Waals surface area contributed by atoms with Gasteiger partial charge in [0.1, 0.15) is 5.03 Å². The monoisotopic (exact) mass is 230 g/mol. The predicted octanol–water partition coefficient (Wildman–Crippen LogP) is 2.04. The van der Waals surface area contributed by atoms with E-state index in [-0.39, 0.29) is 5.95 Å². The first kappa shape index (κ1) is 12.2. The highest BCUT2D eigenvalue weighted by atomic mass is 32.2.